The number of hydrogen-bond donors (Lipinski definition) is 3. The molecule has 182 valence electrons. The van der Waals surface area contributed by atoms with E-state index in [0.717, 1.165) is 54.6 Å². The number of piperazine rings is 1. The first kappa shape index (κ1) is 23.2. The van der Waals surface area contributed by atoms with E-state index in [-0.39, 0.29) is 28.7 Å². The number of phenolic OH excluding ortho intramolecular Hbond substituents is 1. The molecule has 4 aromatic rings. The zero-order valence-electron chi connectivity index (χ0n) is 19.6. The molecule has 3 N–H and O–H groups in total. The minimum Gasteiger partial charge on any atom is -0.504 e. The number of para-hydroxylation sites is 1. The van der Waals surface area contributed by atoms with E-state index in [4.69, 9.17) is 14.5 Å². The lowest BCUT2D eigenvalue weighted by atomic mass is 10.1. The van der Waals surface area contributed by atoms with Crippen LogP contribution in [0.5, 0.6) is 17.2 Å². The summed E-state index contributed by atoms with van der Waals surface area (Å²) in [7, 11) is 2.89. The monoisotopic (exact) mass is 493 g/mol. The summed E-state index contributed by atoms with van der Waals surface area (Å²) in [5, 5.41) is 18.7. The number of aromatic nitrogens is 2. The molecule has 2 aromatic carbocycles. The average Bonchev–Trinajstić information content (AvgIpc) is 3.44. The highest BCUT2D eigenvalue weighted by Crippen LogP contribution is 2.38. The van der Waals surface area contributed by atoms with Crippen LogP contribution < -0.4 is 20.1 Å². The van der Waals surface area contributed by atoms with Gasteiger partial charge in [-0.25, -0.2) is 4.98 Å². The summed E-state index contributed by atoms with van der Waals surface area (Å²) in [6.07, 6.45) is 2.08. The van der Waals surface area contributed by atoms with Crippen molar-refractivity contribution in [2.75, 3.05) is 45.7 Å². The van der Waals surface area contributed by atoms with Crippen molar-refractivity contribution in [3.63, 3.8) is 0 Å². The number of methoxy groups -OCH3 is 2. The van der Waals surface area contributed by atoms with Gasteiger partial charge in [0.15, 0.2) is 16.5 Å². The number of imidazole rings is 1. The van der Waals surface area contributed by atoms with E-state index in [0.29, 0.717) is 5.69 Å². The van der Waals surface area contributed by atoms with Gasteiger partial charge in [0.05, 0.1) is 31.3 Å². The van der Waals surface area contributed by atoms with Gasteiger partial charge in [0.2, 0.25) is 5.75 Å². The Hall–Kier alpha value is -3.60. The molecular weight excluding hydrogens is 466 g/mol. The third-order valence-electron chi connectivity index (χ3n) is 6.03. The van der Waals surface area contributed by atoms with Crippen LogP contribution in [0.15, 0.2) is 48.0 Å². The normalized spacial score (nSPS) is 14.2. The molecule has 1 amide bonds. The lowest BCUT2D eigenvalue weighted by Crippen LogP contribution is -2.42. The first-order chi connectivity index (χ1) is 17.1. The van der Waals surface area contributed by atoms with Gasteiger partial charge < -0.3 is 25.2 Å². The predicted molar refractivity (Wildman–Crippen MR) is 136 cm³/mol. The van der Waals surface area contributed by atoms with E-state index >= 15 is 0 Å². The van der Waals surface area contributed by atoms with E-state index in [1.54, 1.807) is 11.3 Å². The fraction of sp³-hybridized carbons (Fsp3) is 0.280. The number of benzene rings is 2. The van der Waals surface area contributed by atoms with Gasteiger partial charge in [0, 0.05) is 55.4 Å². The largest absolute Gasteiger partial charge is 0.504 e. The number of phenols is 1. The van der Waals surface area contributed by atoms with Crippen LogP contribution in [0.1, 0.15) is 16.1 Å². The smallest absolute Gasteiger partial charge is 0.255 e. The van der Waals surface area contributed by atoms with E-state index in [2.05, 4.69) is 26.1 Å². The molecular formula is C25H27N5O4S. The van der Waals surface area contributed by atoms with Gasteiger partial charge in [0.25, 0.3) is 5.91 Å². The summed E-state index contributed by atoms with van der Waals surface area (Å²) < 4.78 is 12.5. The van der Waals surface area contributed by atoms with Crippen LogP contribution in [0, 0.1) is 0 Å². The SMILES string of the molecule is COc1cc(C(=O)Nc2ccccc2-c2csc3nc(CN4CCNCC4)cn23)cc(O)c1OC. The molecule has 0 bridgehead atoms. The van der Waals surface area contributed by atoms with Gasteiger partial charge in [-0.05, 0) is 18.2 Å². The van der Waals surface area contributed by atoms with E-state index < -0.39 is 0 Å². The molecule has 0 saturated carbocycles. The molecule has 35 heavy (non-hydrogen) atoms. The maximum atomic E-state index is 13.1. The maximum absolute atomic E-state index is 13.1. The summed E-state index contributed by atoms with van der Waals surface area (Å²) in [6, 6.07) is 10.5. The van der Waals surface area contributed by atoms with Gasteiger partial charge >= 0.3 is 0 Å². The van der Waals surface area contributed by atoms with Crippen molar-refractivity contribution in [3.8, 4) is 28.5 Å². The van der Waals surface area contributed by atoms with E-state index in [9.17, 15) is 9.90 Å². The number of rotatable bonds is 7. The number of aromatic hydroxyl groups is 1. The molecule has 2 aromatic heterocycles. The van der Waals surface area contributed by atoms with Crippen molar-refractivity contribution in [1.29, 1.82) is 0 Å². The van der Waals surface area contributed by atoms with E-state index in [1.807, 2.05) is 29.6 Å². The molecule has 5 rings (SSSR count). The second kappa shape index (κ2) is 9.95. The number of amides is 1. The first-order valence-electron chi connectivity index (χ1n) is 11.3. The fourth-order valence-corrected chi connectivity index (χ4v) is 5.18. The quantitative estimate of drug-likeness (QED) is 0.363. The lowest BCUT2D eigenvalue weighted by Gasteiger charge is -2.26. The van der Waals surface area contributed by atoms with Gasteiger partial charge in [-0.3, -0.25) is 14.1 Å². The van der Waals surface area contributed by atoms with Crippen LogP contribution in [0.25, 0.3) is 16.2 Å². The highest BCUT2D eigenvalue weighted by Gasteiger charge is 2.19. The van der Waals surface area contributed by atoms with E-state index in [1.165, 1.54) is 26.4 Å². The number of nitrogens with one attached hydrogen (secondary N) is 2. The minimum absolute atomic E-state index is 0.166. The number of carbonyl (C=O) groups is 1. The van der Waals surface area contributed by atoms with Crippen LogP contribution in [-0.2, 0) is 6.54 Å². The molecule has 3 heterocycles. The van der Waals surface area contributed by atoms with Crippen LogP contribution in [0.2, 0.25) is 0 Å². The molecule has 1 saturated heterocycles. The number of fused-ring (bicyclic) bond motifs is 1. The molecule has 1 aliphatic rings. The first-order valence-corrected chi connectivity index (χ1v) is 12.2. The average molecular weight is 494 g/mol. The number of anilines is 1. The molecule has 0 spiro atoms. The Morgan fingerprint density at radius 1 is 1.20 bits per heavy atom. The van der Waals surface area contributed by atoms with Crippen molar-refractivity contribution in [1.82, 2.24) is 19.6 Å². The number of thiazole rings is 1. The number of hydrogen-bond acceptors (Lipinski definition) is 8. The zero-order valence-corrected chi connectivity index (χ0v) is 20.4. The molecule has 9 nitrogen and oxygen atoms in total. The highest BCUT2D eigenvalue weighted by molar-refractivity contribution is 7.15. The predicted octanol–water partition coefficient (Wildman–Crippen LogP) is 3.44. The third kappa shape index (κ3) is 4.68. The molecule has 0 radical (unpaired) electrons. The van der Waals surface area contributed by atoms with Gasteiger partial charge in [0.1, 0.15) is 0 Å². The van der Waals surface area contributed by atoms with Crippen molar-refractivity contribution in [3.05, 3.63) is 59.2 Å². The number of carbonyl (C=O) groups excluding carboxylic acids is 1. The summed E-state index contributed by atoms with van der Waals surface area (Å²) >= 11 is 1.57. The van der Waals surface area contributed by atoms with Crippen LogP contribution in [0.3, 0.4) is 0 Å². The fourth-order valence-electron chi connectivity index (χ4n) is 4.28. The Morgan fingerprint density at radius 2 is 2.00 bits per heavy atom. The standard InChI is InChI=1S/C25H27N5O4S/c1-33-22-12-16(11-21(31)23(22)34-2)24(32)28-19-6-4-3-5-18(19)20-15-35-25-27-17(14-30(20)25)13-29-9-7-26-8-10-29/h3-6,11-12,14-15,26,31H,7-10,13H2,1-2H3,(H,28,32). The van der Waals surface area contributed by atoms with Gasteiger partial charge in [-0.15, -0.1) is 11.3 Å². The Bertz CT molecular complexity index is 1360. The Balaban J connectivity index is 1.42. The minimum atomic E-state index is -0.370. The summed E-state index contributed by atoms with van der Waals surface area (Å²) in [5.74, 6) is -0.0757. The summed E-state index contributed by atoms with van der Waals surface area (Å²) in [6.45, 7) is 4.84. The molecule has 1 fully saturated rings. The molecule has 0 aliphatic carbocycles. The van der Waals surface area contributed by atoms with Gasteiger partial charge in [-0.1, -0.05) is 18.2 Å². The van der Waals surface area contributed by atoms with Crippen molar-refractivity contribution in [2.45, 2.75) is 6.54 Å². The second-order valence-corrected chi connectivity index (χ2v) is 9.10. The number of nitrogens with zero attached hydrogens (tertiary/aromatic N) is 3. The second-order valence-electron chi connectivity index (χ2n) is 8.26. The Kier molecular flexibility index (Phi) is 6.58. The Labute approximate surface area is 206 Å². The topological polar surface area (TPSA) is 100 Å². The van der Waals surface area contributed by atoms with Crippen LogP contribution in [-0.4, -0.2) is 65.7 Å². The molecule has 1 aliphatic heterocycles. The van der Waals surface area contributed by atoms with Crippen LogP contribution in [0.4, 0.5) is 5.69 Å². The van der Waals surface area contributed by atoms with Crippen LogP contribution >= 0.6 is 11.3 Å². The summed E-state index contributed by atoms with van der Waals surface area (Å²) in [5.41, 5.74) is 3.77. The third-order valence-corrected chi connectivity index (χ3v) is 6.87. The molecule has 0 atom stereocenters. The molecule has 10 heteroatoms. The number of ether oxygens (including phenoxy) is 2. The zero-order chi connectivity index (χ0) is 24.4. The summed E-state index contributed by atoms with van der Waals surface area (Å²) in [4.78, 5) is 21.2. The Morgan fingerprint density at radius 3 is 2.77 bits per heavy atom. The lowest BCUT2D eigenvalue weighted by molar-refractivity contribution is 0.102. The van der Waals surface area contributed by atoms with Gasteiger partial charge in [-0.2, -0.15) is 0 Å². The van der Waals surface area contributed by atoms with Crippen molar-refractivity contribution < 1.29 is 19.4 Å². The highest BCUT2D eigenvalue weighted by atomic mass is 32.1. The molecule has 0 unspecified atom stereocenters. The van der Waals surface area contributed by atoms with Crippen molar-refractivity contribution in [2.24, 2.45) is 0 Å². The van der Waals surface area contributed by atoms with Crippen molar-refractivity contribution >= 4 is 27.9 Å². The maximum Gasteiger partial charge on any atom is 0.255 e.